The molecular formula is C22H20BrN3O4. The van der Waals surface area contributed by atoms with Gasteiger partial charge in [0.1, 0.15) is 5.76 Å². The summed E-state index contributed by atoms with van der Waals surface area (Å²) in [6, 6.07) is 12.2. The normalized spacial score (nSPS) is 18.7. The van der Waals surface area contributed by atoms with Crippen LogP contribution in [0.25, 0.3) is 5.69 Å². The van der Waals surface area contributed by atoms with Crippen LogP contribution in [0.3, 0.4) is 0 Å². The molecule has 7 nitrogen and oxygen atoms in total. The van der Waals surface area contributed by atoms with Crippen molar-refractivity contribution in [1.82, 2.24) is 14.8 Å². The van der Waals surface area contributed by atoms with Gasteiger partial charge < -0.3 is 14.3 Å². The third kappa shape index (κ3) is 3.17. The first-order valence-electron chi connectivity index (χ1n) is 9.38. The Balaban J connectivity index is 1.62. The van der Waals surface area contributed by atoms with Gasteiger partial charge in [0.15, 0.2) is 11.3 Å². The Bertz CT molecular complexity index is 1170. The van der Waals surface area contributed by atoms with Gasteiger partial charge in [-0.05, 0) is 57.2 Å². The number of Topliss-reactive ketones (excluding diaryl/α,β-unsaturated/α-hetero) is 1. The minimum Gasteiger partial charge on any atom is -0.466 e. The van der Waals surface area contributed by atoms with Crippen LogP contribution in [0.5, 0.6) is 0 Å². The molecule has 3 heterocycles. The average Bonchev–Trinajstić information content (AvgIpc) is 3.38. The molecular weight excluding hydrogens is 450 g/mol. The number of rotatable bonds is 5. The first-order valence-corrected chi connectivity index (χ1v) is 10.2. The monoisotopic (exact) mass is 469 g/mol. The number of carbonyl (C=O) groups excluding carboxylic acids is 3. The Morgan fingerprint density at radius 2 is 1.93 bits per heavy atom. The lowest BCUT2D eigenvalue weighted by Gasteiger charge is -2.18. The van der Waals surface area contributed by atoms with E-state index in [2.05, 4.69) is 21.2 Å². The molecule has 0 aliphatic carbocycles. The highest BCUT2D eigenvalue weighted by molar-refractivity contribution is 9.10. The minimum absolute atomic E-state index is 0.309. The zero-order valence-corrected chi connectivity index (χ0v) is 18.3. The topological polar surface area (TPSA) is 84.6 Å². The molecule has 3 amide bonds. The molecule has 154 valence electrons. The highest BCUT2D eigenvalue weighted by Gasteiger charge is 2.51. The maximum atomic E-state index is 13.1. The molecule has 1 N–H and O–H groups in total. The van der Waals surface area contributed by atoms with Crippen LogP contribution >= 0.6 is 15.9 Å². The van der Waals surface area contributed by atoms with E-state index in [9.17, 15) is 14.4 Å². The van der Waals surface area contributed by atoms with E-state index in [1.807, 2.05) is 42.7 Å². The SMILES string of the molecule is Cc1cc(C(=O)CN2C(=O)NC(C)(c3ccco3)C2=O)c(C)n1-c1cccc(Br)c1. The zero-order valence-electron chi connectivity index (χ0n) is 16.7. The molecule has 0 bridgehead atoms. The molecule has 30 heavy (non-hydrogen) atoms. The van der Waals surface area contributed by atoms with E-state index in [-0.39, 0.29) is 12.3 Å². The van der Waals surface area contributed by atoms with Crippen molar-refractivity contribution in [3.63, 3.8) is 0 Å². The second-order valence-electron chi connectivity index (χ2n) is 7.45. The van der Waals surface area contributed by atoms with E-state index in [4.69, 9.17) is 4.42 Å². The summed E-state index contributed by atoms with van der Waals surface area (Å²) in [5.41, 5.74) is 1.69. The molecule has 0 radical (unpaired) electrons. The predicted molar refractivity (Wildman–Crippen MR) is 114 cm³/mol. The largest absolute Gasteiger partial charge is 0.466 e. The fraction of sp³-hybridized carbons (Fsp3) is 0.227. The third-order valence-corrected chi connectivity index (χ3v) is 5.88. The number of carbonyl (C=O) groups is 3. The van der Waals surface area contributed by atoms with Gasteiger partial charge >= 0.3 is 6.03 Å². The van der Waals surface area contributed by atoms with Gasteiger partial charge in [0.2, 0.25) is 0 Å². The summed E-state index contributed by atoms with van der Waals surface area (Å²) < 4.78 is 8.22. The van der Waals surface area contributed by atoms with Gasteiger partial charge in [0.05, 0.1) is 12.8 Å². The van der Waals surface area contributed by atoms with E-state index in [0.29, 0.717) is 11.3 Å². The second-order valence-corrected chi connectivity index (χ2v) is 8.36. The average molecular weight is 470 g/mol. The molecule has 1 aromatic carbocycles. The van der Waals surface area contributed by atoms with Crippen LogP contribution in [0.4, 0.5) is 4.79 Å². The summed E-state index contributed by atoms with van der Waals surface area (Å²) >= 11 is 3.47. The second kappa shape index (κ2) is 7.28. The number of nitrogens with zero attached hydrogens (tertiary/aromatic N) is 2. The van der Waals surface area contributed by atoms with Gasteiger partial charge in [0, 0.05) is 27.1 Å². The molecule has 1 aliphatic rings. The fourth-order valence-electron chi connectivity index (χ4n) is 3.86. The van der Waals surface area contributed by atoms with Crippen molar-refractivity contribution in [3.05, 3.63) is 75.9 Å². The van der Waals surface area contributed by atoms with Crippen LogP contribution in [0.1, 0.15) is 34.4 Å². The summed E-state index contributed by atoms with van der Waals surface area (Å²) in [5, 5.41) is 2.63. The maximum Gasteiger partial charge on any atom is 0.325 e. The highest BCUT2D eigenvalue weighted by atomic mass is 79.9. The molecule has 0 saturated carbocycles. The van der Waals surface area contributed by atoms with Gasteiger partial charge in [0.25, 0.3) is 5.91 Å². The van der Waals surface area contributed by atoms with E-state index in [1.54, 1.807) is 25.1 Å². The van der Waals surface area contributed by atoms with Crippen LogP contribution in [-0.2, 0) is 10.3 Å². The van der Waals surface area contributed by atoms with Crippen molar-refractivity contribution >= 4 is 33.7 Å². The molecule has 1 saturated heterocycles. The van der Waals surface area contributed by atoms with Crippen LogP contribution in [-0.4, -0.2) is 33.7 Å². The van der Waals surface area contributed by atoms with Crippen LogP contribution in [0, 0.1) is 13.8 Å². The predicted octanol–water partition coefficient (Wildman–Crippen LogP) is 4.10. The van der Waals surface area contributed by atoms with E-state index in [1.165, 1.54) is 6.26 Å². The highest BCUT2D eigenvalue weighted by Crippen LogP contribution is 2.30. The van der Waals surface area contributed by atoms with Crippen LogP contribution in [0.2, 0.25) is 0 Å². The number of aryl methyl sites for hydroxylation is 1. The maximum absolute atomic E-state index is 13.1. The van der Waals surface area contributed by atoms with Crippen molar-refractivity contribution in [2.45, 2.75) is 26.3 Å². The molecule has 1 atom stereocenters. The van der Waals surface area contributed by atoms with E-state index >= 15 is 0 Å². The number of urea groups is 1. The van der Waals surface area contributed by atoms with Gasteiger partial charge in [-0.25, -0.2) is 4.79 Å². The number of furan rings is 1. The molecule has 4 rings (SSSR count). The van der Waals surface area contributed by atoms with Crippen molar-refractivity contribution in [3.8, 4) is 5.69 Å². The van der Waals surface area contributed by atoms with Gasteiger partial charge in [-0.2, -0.15) is 0 Å². The lowest BCUT2D eigenvalue weighted by Crippen LogP contribution is -2.41. The number of hydrogen-bond acceptors (Lipinski definition) is 4. The number of benzene rings is 1. The smallest absolute Gasteiger partial charge is 0.325 e. The molecule has 1 fully saturated rings. The van der Waals surface area contributed by atoms with Crippen molar-refractivity contribution in [2.75, 3.05) is 6.54 Å². The van der Waals surface area contributed by atoms with Gasteiger partial charge in [-0.1, -0.05) is 22.0 Å². The van der Waals surface area contributed by atoms with E-state index < -0.39 is 17.5 Å². The lowest BCUT2D eigenvalue weighted by molar-refractivity contribution is -0.131. The quantitative estimate of drug-likeness (QED) is 0.450. The Hall–Kier alpha value is -3.13. The van der Waals surface area contributed by atoms with E-state index in [0.717, 1.165) is 26.4 Å². The standard InChI is InChI=1S/C22H20BrN3O4/c1-13-10-17(14(2)26(13)16-7-4-6-15(23)11-16)18(27)12-25-20(28)22(3,24-21(25)29)19-8-5-9-30-19/h4-11H,12H2,1-3H3,(H,24,29). The molecule has 1 unspecified atom stereocenters. The Labute approximate surface area is 181 Å². The molecule has 2 aromatic heterocycles. The molecule has 0 spiro atoms. The minimum atomic E-state index is -1.33. The van der Waals surface area contributed by atoms with Crippen molar-refractivity contribution < 1.29 is 18.8 Å². The van der Waals surface area contributed by atoms with Gasteiger partial charge in [-0.3, -0.25) is 14.5 Å². The summed E-state index contributed by atoms with van der Waals surface area (Å²) in [6.07, 6.45) is 1.44. The lowest BCUT2D eigenvalue weighted by atomic mass is 9.99. The first-order chi connectivity index (χ1) is 14.2. The number of aromatic nitrogens is 1. The number of imide groups is 1. The number of hydrogen-bond donors (Lipinski definition) is 1. The first kappa shape index (κ1) is 20.2. The number of nitrogens with one attached hydrogen (secondary N) is 1. The summed E-state index contributed by atoms with van der Waals surface area (Å²) in [5.74, 6) is -0.503. The summed E-state index contributed by atoms with van der Waals surface area (Å²) in [4.78, 5) is 39.4. The number of amides is 3. The zero-order chi connectivity index (χ0) is 21.6. The van der Waals surface area contributed by atoms with Crippen molar-refractivity contribution in [2.24, 2.45) is 0 Å². The van der Waals surface area contributed by atoms with Gasteiger partial charge in [-0.15, -0.1) is 0 Å². The fourth-order valence-corrected chi connectivity index (χ4v) is 4.24. The third-order valence-electron chi connectivity index (χ3n) is 5.39. The number of ketones is 1. The number of halogens is 1. The Morgan fingerprint density at radius 1 is 1.17 bits per heavy atom. The summed E-state index contributed by atoms with van der Waals surface area (Å²) in [6.45, 7) is 4.98. The Kier molecular flexibility index (Phi) is 4.89. The van der Waals surface area contributed by atoms with Crippen LogP contribution < -0.4 is 5.32 Å². The Morgan fingerprint density at radius 3 is 2.60 bits per heavy atom. The van der Waals surface area contributed by atoms with Crippen LogP contribution in [0.15, 0.2) is 57.6 Å². The molecule has 8 heteroatoms. The molecule has 3 aromatic rings. The molecule has 1 aliphatic heterocycles. The summed E-state index contributed by atoms with van der Waals surface area (Å²) in [7, 11) is 0. The van der Waals surface area contributed by atoms with Crippen molar-refractivity contribution in [1.29, 1.82) is 0 Å².